The summed E-state index contributed by atoms with van der Waals surface area (Å²) in [6.07, 6.45) is 0.813. The molecule has 7 heteroatoms. The van der Waals surface area contributed by atoms with Crippen molar-refractivity contribution < 1.29 is 9.47 Å². The smallest absolute Gasteiger partial charge is 0.201 e. The topological polar surface area (TPSA) is 44.5 Å². The largest absolute Gasteiger partial charge is 0.497 e. The minimum absolute atomic E-state index is 0.256. The molecule has 0 aliphatic carbocycles. The van der Waals surface area contributed by atoms with Gasteiger partial charge in [0.25, 0.3) is 0 Å². The minimum atomic E-state index is -1.62. The van der Waals surface area contributed by atoms with Crippen LogP contribution in [-0.2, 0) is 0 Å². The molecule has 2 atom stereocenters. The molecular formula is C22H30Cl3NO2Si. The molecule has 0 saturated carbocycles. The Balaban J connectivity index is 2.34. The maximum absolute atomic E-state index is 6.43. The molecular weight excluding hydrogens is 445 g/mol. The first-order valence-corrected chi connectivity index (χ1v) is 14.2. The number of rotatable bonds is 8. The summed E-state index contributed by atoms with van der Waals surface area (Å²) in [5.41, 5.74) is 7.65. The molecule has 0 aliphatic rings. The summed E-state index contributed by atoms with van der Waals surface area (Å²) in [5, 5.41) is -0.256. The van der Waals surface area contributed by atoms with Crippen molar-refractivity contribution in [1.29, 1.82) is 0 Å². The molecule has 0 aliphatic heterocycles. The fraction of sp³-hybridized carbons (Fsp3) is 0.455. The highest BCUT2D eigenvalue weighted by molar-refractivity contribution is 6.79. The van der Waals surface area contributed by atoms with Gasteiger partial charge in [0.2, 0.25) is 3.79 Å². The molecule has 3 nitrogen and oxygen atoms in total. The van der Waals surface area contributed by atoms with Gasteiger partial charge in [-0.25, -0.2) is 0 Å². The first kappa shape index (κ1) is 24.4. The van der Waals surface area contributed by atoms with Crippen molar-refractivity contribution in [2.24, 2.45) is 5.73 Å². The Morgan fingerprint density at radius 1 is 0.897 bits per heavy atom. The third-order valence-corrected chi connectivity index (χ3v) is 9.72. The van der Waals surface area contributed by atoms with E-state index in [1.165, 1.54) is 0 Å². The molecule has 2 rings (SSSR count). The second-order valence-corrected chi connectivity index (χ2v) is 16.4. The molecule has 0 bridgehead atoms. The first-order valence-electron chi connectivity index (χ1n) is 9.61. The molecule has 29 heavy (non-hydrogen) atoms. The lowest BCUT2D eigenvalue weighted by molar-refractivity contribution is 0.156. The molecule has 2 N–H and O–H groups in total. The van der Waals surface area contributed by atoms with Crippen LogP contribution in [-0.4, -0.2) is 30.7 Å². The predicted octanol–water partition coefficient (Wildman–Crippen LogP) is 6.56. The van der Waals surface area contributed by atoms with Crippen molar-refractivity contribution >= 4 is 42.9 Å². The zero-order chi connectivity index (χ0) is 21.9. The van der Waals surface area contributed by atoms with Gasteiger partial charge in [-0.1, -0.05) is 78.7 Å². The van der Waals surface area contributed by atoms with Crippen molar-refractivity contribution in [2.75, 3.05) is 13.7 Å². The Bertz CT molecular complexity index is 786. The van der Waals surface area contributed by atoms with Gasteiger partial charge >= 0.3 is 0 Å². The van der Waals surface area contributed by atoms with E-state index in [0.29, 0.717) is 6.54 Å². The maximum atomic E-state index is 6.43. The van der Waals surface area contributed by atoms with E-state index in [9.17, 15) is 0 Å². The van der Waals surface area contributed by atoms with Gasteiger partial charge in [-0.15, -0.1) is 0 Å². The van der Waals surface area contributed by atoms with Crippen molar-refractivity contribution in [1.82, 2.24) is 0 Å². The summed E-state index contributed by atoms with van der Waals surface area (Å²) in [4.78, 5) is 0. The highest BCUT2D eigenvalue weighted by Crippen LogP contribution is 2.46. The summed E-state index contributed by atoms with van der Waals surface area (Å²) in [7, 11) is 0.00493. The number of hydrogen-bond acceptors (Lipinski definition) is 3. The molecule has 0 spiro atoms. The SMILES string of the molecule is COc1ccc(C(c2ccc(OC(C)(CCN)[Si](C)(C)C)cc2)C(Cl)(Cl)Cl)cc1. The molecule has 2 aromatic rings. The molecule has 0 fully saturated rings. The number of halogens is 3. The Kier molecular flexibility index (Phi) is 7.97. The molecule has 160 valence electrons. The van der Waals surface area contributed by atoms with Crippen molar-refractivity contribution in [2.45, 2.75) is 47.9 Å². The van der Waals surface area contributed by atoms with Gasteiger partial charge in [-0.3, -0.25) is 0 Å². The van der Waals surface area contributed by atoms with E-state index in [0.717, 1.165) is 29.0 Å². The average Bonchev–Trinajstić information content (AvgIpc) is 2.62. The molecule has 0 saturated heterocycles. The van der Waals surface area contributed by atoms with Gasteiger partial charge in [-0.05, 0) is 55.3 Å². The van der Waals surface area contributed by atoms with E-state index in [4.69, 9.17) is 50.0 Å². The Morgan fingerprint density at radius 2 is 1.34 bits per heavy atom. The van der Waals surface area contributed by atoms with E-state index in [1.807, 2.05) is 48.5 Å². The van der Waals surface area contributed by atoms with E-state index < -0.39 is 17.8 Å². The Hall–Kier alpha value is -0.913. The summed E-state index contributed by atoms with van der Waals surface area (Å²) >= 11 is 19.0. The number of nitrogens with two attached hydrogens (primary N) is 1. The van der Waals surface area contributed by atoms with Crippen LogP contribution in [0.5, 0.6) is 11.5 Å². The normalized spacial score (nSPS) is 15.5. The standard InChI is InChI=1S/C22H30Cl3NO2Si/c1-21(14-15-26,29(3,4)5)28-19-12-8-17(9-13-19)20(22(23,24)25)16-6-10-18(27-2)11-7-16/h6-13,20H,14-15,26H2,1-5H3. The minimum Gasteiger partial charge on any atom is -0.497 e. The lowest BCUT2D eigenvalue weighted by Gasteiger charge is -2.40. The van der Waals surface area contributed by atoms with Gasteiger partial charge in [0.15, 0.2) is 0 Å². The van der Waals surface area contributed by atoms with Gasteiger partial charge in [0.05, 0.1) is 26.3 Å². The summed E-state index contributed by atoms with van der Waals surface area (Å²) in [6.45, 7) is 9.62. The van der Waals surface area contributed by atoms with Crippen molar-refractivity contribution in [3.8, 4) is 11.5 Å². The number of methoxy groups -OCH3 is 1. The Labute approximate surface area is 190 Å². The van der Waals surface area contributed by atoms with Crippen LogP contribution in [0.15, 0.2) is 48.5 Å². The van der Waals surface area contributed by atoms with Crippen LogP contribution < -0.4 is 15.2 Å². The van der Waals surface area contributed by atoms with Crippen molar-refractivity contribution in [3.05, 3.63) is 59.7 Å². The number of alkyl halides is 3. The fourth-order valence-electron chi connectivity index (χ4n) is 3.21. The van der Waals surface area contributed by atoms with Crippen LogP contribution in [0.3, 0.4) is 0 Å². The molecule has 0 heterocycles. The van der Waals surface area contributed by atoms with Gasteiger partial charge < -0.3 is 15.2 Å². The zero-order valence-corrected chi connectivity index (χ0v) is 20.9. The van der Waals surface area contributed by atoms with Gasteiger partial charge in [-0.2, -0.15) is 0 Å². The molecule has 0 radical (unpaired) electrons. The second kappa shape index (κ2) is 9.48. The van der Waals surface area contributed by atoms with Crippen LogP contribution >= 0.6 is 34.8 Å². The first-order chi connectivity index (χ1) is 13.4. The molecule has 2 aromatic carbocycles. The maximum Gasteiger partial charge on any atom is 0.201 e. The lowest BCUT2D eigenvalue weighted by Crippen LogP contribution is -2.55. The fourth-order valence-corrected chi connectivity index (χ4v) is 5.28. The average molecular weight is 475 g/mol. The van der Waals surface area contributed by atoms with E-state index in [1.54, 1.807) is 7.11 Å². The van der Waals surface area contributed by atoms with Gasteiger partial charge in [0, 0.05) is 0 Å². The predicted molar refractivity (Wildman–Crippen MR) is 128 cm³/mol. The summed E-state index contributed by atoms with van der Waals surface area (Å²) < 4.78 is 10.2. The third-order valence-electron chi connectivity index (χ3n) is 5.54. The van der Waals surface area contributed by atoms with Crippen LogP contribution in [0.4, 0.5) is 0 Å². The quantitative estimate of drug-likeness (QED) is 0.348. The molecule has 0 aromatic heterocycles. The highest BCUT2D eigenvalue weighted by Gasteiger charge is 2.41. The van der Waals surface area contributed by atoms with Crippen LogP contribution in [0.25, 0.3) is 0 Å². The number of hydrogen-bond donors (Lipinski definition) is 1. The monoisotopic (exact) mass is 473 g/mol. The second-order valence-electron chi connectivity index (χ2n) is 8.44. The Morgan fingerprint density at radius 3 is 1.69 bits per heavy atom. The molecule has 0 amide bonds. The van der Waals surface area contributed by atoms with Crippen molar-refractivity contribution in [3.63, 3.8) is 0 Å². The number of benzene rings is 2. The lowest BCUT2D eigenvalue weighted by atomic mass is 9.92. The zero-order valence-electron chi connectivity index (χ0n) is 17.6. The molecule has 2 unspecified atom stereocenters. The van der Waals surface area contributed by atoms with Crippen LogP contribution in [0.1, 0.15) is 30.4 Å². The van der Waals surface area contributed by atoms with E-state index >= 15 is 0 Å². The highest BCUT2D eigenvalue weighted by atomic mass is 35.6. The van der Waals surface area contributed by atoms with Crippen LogP contribution in [0, 0.1) is 0 Å². The van der Waals surface area contributed by atoms with Crippen LogP contribution in [0.2, 0.25) is 19.6 Å². The third kappa shape index (κ3) is 6.05. The van der Waals surface area contributed by atoms with E-state index in [2.05, 4.69) is 26.6 Å². The summed E-state index contributed by atoms with van der Waals surface area (Å²) in [5.74, 6) is 1.14. The van der Waals surface area contributed by atoms with Gasteiger partial charge in [0.1, 0.15) is 11.5 Å². The van der Waals surface area contributed by atoms with E-state index in [-0.39, 0.29) is 5.22 Å². The summed E-state index contributed by atoms with van der Waals surface area (Å²) in [6, 6.07) is 15.4. The number of ether oxygens (including phenoxy) is 2.